The molecule has 0 unspecified atom stereocenters. The summed E-state index contributed by atoms with van der Waals surface area (Å²) in [5.41, 5.74) is 0.275. The van der Waals surface area contributed by atoms with Gasteiger partial charge < -0.3 is 15.0 Å². The molecular formula is C14H23N3O2. The molecule has 0 radical (unpaired) electrons. The number of rotatable bonds is 5. The van der Waals surface area contributed by atoms with Crippen LogP contribution in [0, 0.1) is 0 Å². The van der Waals surface area contributed by atoms with Gasteiger partial charge in [0.05, 0.1) is 5.69 Å². The van der Waals surface area contributed by atoms with E-state index >= 15 is 0 Å². The van der Waals surface area contributed by atoms with Gasteiger partial charge in [0.2, 0.25) is 0 Å². The van der Waals surface area contributed by atoms with Crippen LogP contribution in [0.1, 0.15) is 51.0 Å². The highest BCUT2D eigenvalue weighted by molar-refractivity contribution is 5.10. The summed E-state index contributed by atoms with van der Waals surface area (Å²) in [4.78, 5) is 19.2. The van der Waals surface area contributed by atoms with Crippen molar-refractivity contribution in [3.05, 3.63) is 27.9 Å². The van der Waals surface area contributed by atoms with Crippen LogP contribution in [-0.2, 0) is 16.9 Å². The zero-order valence-electron chi connectivity index (χ0n) is 12.0. The Labute approximate surface area is 113 Å². The maximum absolute atomic E-state index is 11.8. The van der Waals surface area contributed by atoms with E-state index in [1.54, 1.807) is 13.2 Å². The first-order valence-electron chi connectivity index (χ1n) is 6.95. The van der Waals surface area contributed by atoms with E-state index in [2.05, 4.69) is 29.1 Å². The molecule has 0 saturated heterocycles. The molecular weight excluding hydrogens is 242 g/mol. The highest BCUT2D eigenvalue weighted by atomic mass is 16.5. The molecule has 0 bridgehead atoms. The lowest BCUT2D eigenvalue weighted by Gasteiger charge is -2.26. The molecule has 1 aliphatic carbocycles. The lowest BCUT2D eigenvalue weighted by molar-refractivity contribution is -0.0166. The number of nitrogens with zero attached hydrogens (tertiary/aromatic N) is 1. The van der Waals surface area contributed by atoms with Gasteiger partial charge in [-0.25, -0.2) is 4.98 Å². The molecule has 2 rings (SSSR count). The summed E-state index contributed by atoms with van der Waals surface area (Å²) in [6, 6.07) is 1.92. The summed E-state index contributed by atoms with van der Waals surface area (Å²) < 4.78 is 5.67. The second-order valence-electron chi connectivity index (χ2n) is 5.53. The average molecular weight is 265 g/mol. The third-order valence-corrected chi connectivity index (χ3v) is 3.72. The zero-order chi connectivity index (χ0) is 13.9. The van der Waals surface area contributed by atoms with Crippen molar-refractivity contribution in [1.82, 2.24) is 15.3 Å². The first-order valence-corrected chi connectivity index (χ1v) is 6.95. The lowest BCUT2D eigenvalue weighted by atomic mass is 10.0. The summed E-state index contributed by atoms with van der Waals surface area (Å²) in [7, 11) is 1.70. The Kier molecular flexibility index (Phi) is 4.37. The number of methoxy groups -OCH3 is 1. The maximum Gasteiger partial charge on any atom is 0.251 e. The number of aromatic amines is 1. The predicted octanol–water partition coefficient (Wildman–Crippen LogP) is 1.68. The van der Waals surface area contributed by atoms with Crippen LogP contribution in [0.4, 0.5) is 0 Å². The predicted molar refractivity (Wildman–Crippen MR) is 74.0 cm³/mol. The van der Waals surface area contributed by atoms with Gasteiger partial charge in [0, 0.05) is 25.8 Å². The Hall–Kier alpha value is -1.20. The Morgan fingerprint density at radius 2 is 2.16 bits per heavy atom. The van der Waals surface area contributed by atoms with Gasteiger partial charge in [0.25, 0.3) is 5.56 Å². The van der Waals surface area contributed by atoms with Crippen LogP contribution < -0.4 is 10.9 Å². The molecule has 0 atom stereocenters. The molecule has 1 fully saturated rings. The first-order chi connectivity index (χ1) is 9.05. The summed E-state index contributed by atoms with van der Waals surface area (Å²) in [5.74, 6) is 0.681. The Morgan fingerprint density at radius 1 is 1.47 bits per heavy atom. The summed E-state index contributed by atoms with van der Waals surface area (Å²) in [6.07, 6.45) is 4.08. The molecule has 0 aromatic carbocycles. The zero-order valence-corrected chi connectivity index (χ0v) is 12.0. The summed E-state index contributed by atoms with van der Waals surface area (Å²) in [6.45, 7) is 4.75. The van der Waals surface area contributed by atoms with Crippen molar-refractivity contribution in [2.75, 3.05) is 7.11 Å². The van der Waals surface area contributed by atoms with Crippen molar-refractivity contribution < 1.29 is 4.74 Å². The van der Waals surface area contributed by atoms with Crippen LogP contribution in [0.3, 0.4) is 0 Å². The first kappa shape index (κ1) is 14.2. The van der Waals surface area contributed by atoms with Crippen LogP contribution in [0.15, 0.2) is 10.9 Å². The molecule has 1 aliphatic rings. The van der Waals surface area contributed by atoms with Gasteiger partial charge >= 0.3 is 0 Å². The fraction of sp³-hybridized carbons (Fsp3) is 0.714. The van der Waals surface area contributed by atoms with E-state index in [9.17, 15) is 4.79 Å². The van der Waals surface area contributed by atoms with E-state index in [-0.39, 0.29) is 5.56 Å². The molecule has 5 nitrogen and oxygen atoms in total. The second kappa shape index (κ2) is 5.84. The van der Waals surface area contributed by atoms with Crippen LogP contribution in [0.2, 0.25) is 0 Å². The van der Waals surface area contributed by atoms with Crippen molar-refractivity contribution in [1.29, 1.82) is 0 Å². The largest absolute Gasteiger partial charge is 0.370 e. The van der Waals surface area contributed by atoms with Crippen molar-refractivity contribution in [3.63, 3.8) is 0 Å². The molecule has 0 spiro atoms. The van der Waals surface area contributed by atoms with E-state index in [4.69, 9.17) is 4.74 Å². The van der Waals surface area contributed by atoms with Gasteiger partial charge in [-0.05, 0) is 25.7 Å². The molecule has 1 saturated carbocycles. The maximum atomic E-state index is 11.8. The van der Waals surface area contributed by atoms with E-state index in [0.29, 0.717) is 18.4 Å². The minimum Gasteiger partial charge on any atom is -0.370 e. The Morgan fingerprint density at radius 3 is 2.74 bits per heavy atom. The molecule has 19 heavy (non-hydrogen) atoms. The van der Waals surface area contributed by atoms with Crippen molar-refractivity contribution in [3.8, 4) is 0 Å². The standard InChI is InChI=1S/C14H23N3O2/c1-10(2)15-9-11-8-12(18)17-13(16-11)14(19-3)6-4-5-7-14/h8,10,15H,4-7,9H2,1-3H3,(H,16,17,18). The van der Waals surface area contributed by atoms with Gasteiger partial charge in [-0.2, -0.15) is 0 Å². The van der Waals surface area contributed by atoms with Gasteiger partial charge in [-0.1, -0.05) is 13.8 Å². The monoisotopic (exact) mass is 265 g/mol. The third kappa shape index (κ3) is 3.22. The molecule has 5 heteroatoms. The van der Waals surface area contributed by atoms with Crippen molar-refractivity contribution >= 4 is 0 Å². The molecule has 0 amide bonds. The summed E-state index contributed by atoms with van der Waals surface area (Å²) >= 11 is 0. The van der Waals surface area contributed by atoms with Crippen molar-refractivity contribution in [2.24, 2.45) is 0 Å². The Bertz CT molecular complexity index is 476. The molecule has 1 aromatic heterocycles. The quantitative estimate of drug-likeness (QED) is 0.850. The van der Waals surface area contributed by atoms with Gasteiger partial charge in [0.1, 0.15) is 11.4 Å². The molecule has 106 valence electrons. The van der Waals surface area contributed by atoms with E-state index in [0.717, 1.165) is 31.4 Å². The highest BCUT2D eigenvalue weighted by Gasteiger charge is 2.38. The minimum atomic E-state index is -0.396. The van der Waals surface area contributed by atoms with Crippen LogP contribution >= 0.6 is 0 Å². The van der Waals surface area contributed by atoms with Crippen LogP contribution in [0.5, 0.6) is 0 Å². The van der Waals surface area contributed by atoms with E-state index in [1.165, 1.54) is 0 Å². The molecule has 0 aliphatic heterocycles. The fourth-order valence-electron chi connectivity index (χ4n) is 2.61. The minimum absolute atomic E-state index is 0.103. The second-order valence-corrected chi connectivity index (χ2v) is 5.53. The van der Waals surface area contributed by atoms with Crippen molar-refractivity contribution in [2.45, 2.75) is 57.7 Å². The van der Waals surface area contributed by atoms with Gasteiger partial charge in [-0.15, -0.1) is 0 Å². The smallest absolute Gasteiger partial charge is 0.251 e. The fourth-order valence-corrected chi connectivity index (χ4v) is 2.61. The molecule has 1 aromatic rings. The number of aromatic nitrogens is 2. The van der Waals surface area contributed by atoms with E-state index < -0.39 is 5.60 Å². The number of H-pyrrole nitrogens is 1. The highest BCUT2D eigenvalue weighted by Crippen LogP contribution is 2.39. The van der Waals surface area contributed by atoms with Crippen LogP contribution in [-0.4, -0.2) is 23.1 Å². The number of hydrogen-bond acceptors (Lipinski definition) is 4. The molecule has 1 heterocycles. The summed E-state index contributed by atoms with van der Waals surface area (Å²) in [5, 5.41) is 3.28. The number of ether oxygens (including phenoxy) is 1. The van der Waals surface area contributed by atoms with Gasteiger partial charge in [0.15, 0.2) is 0 Å². The average Bonchev–Trinajstić information content (AvgIpc) is 2.86. The van der Waals surface area contributed by atoms with E-state index in [1.807, 2.05) is 0 Å². The van der Waals surface area contributed by atoms with Gasteiger partial charge in [-0.3, -0.25) is 4.79 Å². The lowest BCUT2D eigenvalue weighted by Crippen LogP contribution is -2.32. The SMILES string of the molecule is COC1(c2nc(CNC(C)C)cc(=O)[nH]2)CCCC1. The normalized spacial score (nSPS) is 18.1. The Balaban J connectivity index is 2.28. The number of hydrogen-bond donors (Lipinski definition) is 2. The number of nitrogens with one attached hydrogen (secondary N) is 2. The third-order valence-electron chi connectivity index (χ3n) is 3.72. The topological polar surface area (TPSA) is 67.0 Å². The molecule has 2 N–H and O–H groups in total. The van der Waals surface area contributed by atoms with Crippen LogP contribution in [0.25, 0.3) is 0 Å².